The summed E-state index contributed by atoms with van der Waals surface area (Å²) < 4.78 is 42.0. The first kappa shape index (κ1) is 10.6. The number of methoxy groups -OCH3 is 1. The number of nitrogens with zero attached hydrogens (tertiary/aromatic N) is 1. The highest BCUT2D eigenvalue weighted by Crippen LogP contribution is 2.32. The Kier molecular flexibility index (Phi) is 3.34. The molecule has 0 aliphatic rings. The molecule has 1 aromatic heterocycles. The fourth-order valence-corrected chi connectivity index (χ4v) is 1.45. The Morgan fingerprint density at radius 3 is 2.62 bits per heavy atom. The zero-order valence-corrected chi connectivity index (χ0v) is 8.68. The summed E-state index contributed by atoms with van der Waals surface area (Å²) >= 11 is 1.59. The number of hydrogen-bond acceptors (Lipinski definition) is 2. The highest BCUT2D eigenvalue weighted by molar-refractivity contribution is 14.1. The molecule has 0 N–H and O–H groups in total. The summed E-state index contributed by atoms with van der Waals surface area (Å²) in [4.78, 5) is 3.25. The van der Waals surface area contributed by atoms with E-state index in [0.717, 1.165) is 6.20 Å². The van der Waals surface area contributed by atoms with Gasteiger partial charge in [0.25, 0.3) is 6.43 Å². The molecule has 1 heterocycles. The molecule has 0 unspecified atom stereocenters. The summed E-state index contributed by atoms with van der Waals surface area (Å²) in [6.07, 6.45) is -2.00. The van der Waals surface area contributed by atoms with Crippen LogP contribution in [0, 0.1) is 9.39 Å². The SMILES string of the molecule is COc1c(C(F)F)ncc(F)c1I. The van der Waals surface area contributed by atoms with E-state index < -0.39 is 17.9 Å². The number of pyridine rings is 1. The molecule has 0 amide bonds. The van der Waals surface area contributed by atoms with Gasteiger partial charge in [0, 0.05) is 0 Å². The van der Waals surface area contributed by atoms with Crippen molar-refractivity contribution >= 4 is 22.6 Å². The van der Waals surface area contributed by atoms with Crippen LogP contribution in [0.1, 0.15) is 12.1 Å². The van der Waals surface area contributed by atoms with Crippen molar-refractivity contribution in [3.05, 3.63) is 21.3 Å². The van der Waals surface area contributed by atoms with Gasteiger partial charge in [-0.2, -0.15) is 0 Å². The van der Waals surface area contributed by atoms with Gasteiger partial charge in [-0.05, 0) is 22.6 Å². The van der Waals surface area contributed by atoms with Crippen molar-refractivity contribution < 1.29 is 17.9 Å². The van der Waals surface area contributed by atoms with Crippen LogP contribution in [-0.2, 0) is 0 Å². The van der Waals surface area contributed by atoms with Gasteiger partial charge in [0.2, 0.25) is 0 Å². The largest absolute Gasteiger partial charge is 0.493 e. The van der Waals surface area contributed by atoms with Crippen molar-refractivity contribution in [2.45, 2.75) is 6.43 Å². The van der Waals surface area contributed by atoms with Gasteiger partial charge in [0.15, 0.2) is 11.6 Å². The smallest absolute Gasteiger partial charge is 0.284 e. The van der Waals surface area contributed by atoms with E-state index in [4.69, 9.17) is 0 Å². The molecule has 72 valence electrons. The lowest BCUT2D eigenvalue weighted by Gasteiger charge is -2.08. The maximum Gasteiger partial charge on any atom is 0.284 e. The Balaban J connectivity index is 3.30. The van der Waals surface area contributed by atoms with Crippen LogP contribution < -0.4 is 4.74 Å². The first-order valence-corrected chi connectivity index (χ1v) is 4.31. The average molecular weight is 303 g/mol. The zero-order chi connectivity index (χ0) is 10.0. The minimum absolute atomic E-state index is 0.0189. The van der Waals surface area contributed by atoms with E-state index in [9.17, 15) is 13.2 Å². The first-order valence-electron chi connectivity index (χ1n) is 3.24. The standard InChI is InChI=1S/C7H5F3INO/c1-13-6-4(11)3(8)2-12-5(6)7(9)10/h2,7H,1H3. The van der Waals surface area contributed by atoms with E-state index >= 15 is 0 Å². The van der Waals surface area contributed by atoms with Crippen LogP contribution in [0.3, 0.4) is 0 Å². The van der Waals surface area contributed by atoms with E-state index in [1.54, 1.807) is 22.6 Å². The van der Waals surface area contributed by atoms with Crippen LogP contribution in [0.4, 0.5) is 13.2 Å². The quantitative estimate of drug-likeness (QED) is 0.784. The molecule has 1 rings (SSSR count). The number of aromatic nitrogens is 1. The lowest BCUT2D eigenvalue weighted by molar-refractivity contribution is 0.141. The Morgan fingerprint density at radius 1 is 1.54 bits per heavy atom. The molecule has 0 aliphatic carbocycles. The van der Waals surface area contributed by atoms with Crippen LogP contribution >= 0.6 is 22.6 Å². The molecular formula is C7H5F3INO. The maximum atomic E-state index is 12.8. The summed E-state index contributed by atoms with van der Waals surface area (Å²) in [5.74, 6) is -0.863. The van der Waals surface area contributed by atoms with E-state index in [0.29, 0.717) is 0 Å². The van der Waals surface area contributed by atoms with Gasteiger partial charge in [-0.15, -0.1) is 0 Å². The second kappa shape index (κ2) is 4.12. The van der Waals surface area contributed by atoms with Crippen LogP contribution in [0.15, 0.2) is 6.20 Å². The Hall–Kier alpha value is -0.530. The summed E-state index contributed by atoms with van der Waals surface area (Å²) in [6, 6.07) is 0. The number of halogens is 4. The van der Waals surface area contributed by atoms with E-state index in [2.05, 4.69) is 9.72 Å². The number of alkyl halides is 2. The molecule has 2 nitrogen and oxygen atoms in total. The topological polar surface area (TPSA) is 22.1 Å². The van der Waals surface area contributed by atoms with E-state index in [1.807, 2.05) is 0 Å². The molecule has 0 fully saturated rings. The molecule has 0 bridgehead atoms. The van der Waals surface area contributed by atoms with Crippen molar-refractivity contribution in [1.82, 2.24) is 4.98 Å². The first-order chi connectivity index (χ1) is 6.07. The van der Waals surface area contributed by atoms with Crippen molar-refractivity contribution in [1.29, 1.82) is 0 Å². The third-order valence-electron chi connectivity index (χ3n) is 1.37. The average Bonchev–Trinajstić information content (AvgIpc) is 2.09. The number of rotatable bonds is 2. The molecule has 1 aromatic rings. The Labute approximate surface area is 86.3 Å². The number of hydrogen-bond donors (Lipinski definition) is 0. The molecule has 6 heteroatoms. The van der Waals surface area contributed by atoms with Crippen LogP contribution in [0.5, 0.6) is 5.75 Å². The minimum atomic E-state index is -2.76. The molecule has 0 aliphatic heterocycles. The highest BCUT2D eigenvalue weighted by Gasteiger charge is 2.20. The van der Waals surface area contributed by atoms with Gasteiger partial charge in [0.05, 0.1) is 16.9 Å². The fourth-order valence-electron chi connectivity index (χ4n) is 0.812. The van der Waals surface area contributed by atoms with Gasteiger partial charge in [0.1, 0.15) is 5.69 Å². The summed E-state index contributed by atoms with van der Waals surface area (Å²) in [7, 11) is 1.20. The van der Waals surface area contributed by atoms with Gasteiger partial charge in [-0.3, -0.25) is 0 Å². The molecule has 0 atom stereocenters. The second-order valence-corrected chi connectivity index (χ2v) is 3.22. The number of ether oxygens (including phenoxy) is 1. The third kappa shape index (κ3) is 2.04. The van der Waals surface area contributed by atoms with Gasteiger partial charge in [-0.1, -0.05) is 0 Å². The predicted octanol–water partition coefficient (Wildman–Crippen LogP) is 2.77. The molecule has 0 radical (unpaired) electrons. The summed E-state index contributed by atoms with van der Waals surface area (Å²) in [5, 5.41) is 0. The normalized spacial score (nSPS) is 10.6. The highest BCUT2D eigenvalue weighted by atomic mass is 127. The van der Waals surface area contributed by atoms with Crippen molar-refractivity contribution in [3.63, 3.8) is 0 Å². The van der Waals surface area contributed by atoms with Crippen molar-refractivity contribution in [2.75, 3.05) is 7.11 Å². The molecule has 13 heavy (non-hydrogen) atoms. The molecule has 0 saturated heterocycles. The molecule has 0 saturated carbocycles. The lowest BCUT2D eigenvalue weighted by atomic mass is 10.3. The summed E-state index contributed by atoms with van der Waals surface area (Å²) in [5.41, 5.74) is -0.534. The van der Waals surface area contributed by atoms with E-state index in [-0.39, 0.29) is 9.32 Å². The molecule has 0 spiro atoms. The van der Waals surface area contributed by atoms with Crippen molar-refractivity contribution in [3.8, 4) is 5.75 Å². The zero-order valence-electron chi connectivity index (χ0n) is 6.52. The fraction of sp³-hybridized carbons (Fsp3) is 0.286. The van der Waals surface area contributed by atoms with Gasteiger partial charge < -0.3 is 4.74 Å². The van der Waals surface area contributed by atoms with E-state index in [1.165, 1.54) is 7.11 Å². The second-order valence-electron chi connectivity index (χ2n) is 2.14. The Morgan fingerprint density at radius 2 is 2.15 bits per heavy atom. The maximum absolute atomic E-state index is 12.8. The Bertz CT molecular complexity index is 319. The van der Waals surface area contributed by atoms with Gasteiger partial charge in [-0.25, -0.2) is 18.2 Å². The van der Waals surface area contributed by atoms with Crippen LogP contribution in [0.2, 0.25) is 0 Å². The monoisotopic (exact) mass is 303 g/mol. The van der Waals surface area contributed by atoms with Crippen LogP contribution in [0.25, 0.3) is 0 Å². The summed E-state index contributed by atoms with van der Waals surface area (Å²) in [6.45, 7) is 0. The third-order valence-corrected chi connectivity index (χ3v) is 2.37. The minimum Gasteiger partial charge on any atom is -0.493 e. The molecule has 0 aromatic carbocycles. The molecular weight excluding hydrogens is 298 g/mol. The predicted molar refractivity (Wildman–Crippen MR) is 48.4 cm³/mol. The van der Waals surface area contributed by atoms with Crippen molar-refractivity contribution in [2.24, 2.45) is 0 Å². The lowest BCUT2D eigenvalue weighted by Crippen LogP contribution is -2.00. The van der Waals surface area contributed by atoms with Gasteiger partial charge >= 0.3 is 0 Å². The van der Waals surface area contributed by atoms with Crippen LogP contribution in [-0.4, -0.2) is 12.1 Å².